The first kappa shape index (κ1) is 28.3. The van der Waals surface area contributed by atoms with Gasteiger partial charge in [-0.15, -0.1) is 0 Å². The van der Waals surface area contributed by atoms with Crippen molar-refractivity contribution in [1.29, 1.82) is 0 Å². The summed E-state index contributed by atoms with van der Waals surface area (Å²) in [5.74, 6) is -0.751. The number of nitrogens with one attached hydrogen (secondary N) is 1. The number of hydrogen-bond donors (Lipinski definition) is 1. The van der Waals surface area contributed by atoms with E-state index in [9.17, 15) is 14.4 Å². The first-order valence-electron chi connectivity index (χ1n) is 12.3. The molecule has 2 saturated heterocycles. The number of fused-ring (bicyclic) bond motifs is 1. The lowest BCUT2D eigenvalue weighted by Crippen LogP contribution is -2.54. The molecule has 3 rings (SSSR count). The van der Waals surface area contributed by atoms with Gasteiger partial charge in [-0.3, -0.25) is 19.3 Å². The van der Waals surface area contributed by atoms with Gasteiger partial charge in [-0.2, -0.15) is 0 Å². The van der Waals surface area contributed by atoms with Crippen molar-refractivity contribution < 1.29 is 19.1 Å². The topological polar surface area (TPSA) is 79.0 Å². The average Bonchev–Trinajstić information content (AvgIpc) is 3.30. The van der Waals surface area contributed by atoms with Crippen molar-refractivity contribution in [3.63, 3.8) is 0 Å². The number of amides is 3. The molecule has 0 bridgehead atoms. The first-order valence-corrected chi connectivity index (χ1v) is 17.1. The summed E-state index contributed by atoms with van der Waals surface area (Å²) in [4.78, 5) is 42.9. The first-order chi connectivity index (χ1) is 17.0. The molecule has 1 aromatic carbocycles. The molecular weight excluding hydrogens is 585 g/mol. The summed E-state index contributed by atoms with van der Waals surface area (Å²) in [6.07, 6.45) is 6.50. The minimum Gasteiger partial charge on any atom is -0.361 e. The minimum atomic E-state index is -1.29. The standard InChI is InChI=1S/C27H36IN3O4Si/c1-19(2)12-13-20(17-22-27(34)30-14-8-11-24(30)25(32)29-22)26(33)31(18-35-15-16-36(3,4)5)23-10-7-6-9-21(23)28/h6-7,9-10,12-13,17,24H,8,11,14-16,18H2,1-5H3,(H,29,32)/b20-13+,22-17-/t24-/m0/s1. The van der Waals surface area contributed by atoms with Crippen molar-refractivity contribution in [2.45, 2.75) is 58.4 Å². The molecule has 0 aromatic heterocycles. The number of carbonyl (C=O) groups is 3. The molecule has 36 heavy (non-hydrogen) atoms. The number of piperazine rings is 1. The molecule has 0 unspecified atom stereocenters. The fraction of sp³-hybridized carbons (Fsp3) is 0.444. The number of halogens is 1. The second-order valence-electron chi connectivity index (χ2n) is 10.6. The van der Waals surface area contributed by atoms with Gasteiger partial charge in [0.25, 0.3) is 11.8 Å². The van der Waals surface area contributed by atoms with Crippen LogP contribution >= 0.6 is 22.6 Å². The third-order valence-corrected chi connectivity index (χ3v) is 8.67. The van der Waals surface area contributed by atoms with E-state index in [1.165, 1.54) is 6.08 Å². The maximum absolute atomic E-state index is 14.0. The highest BCUT2D eigenvalue weighted by Gasteiger charge is 2.40. The second-order valence-corrected chi connectivity index (χ2v) is 17.4. The van der Waals surface area contributed by atoms with E-state index in [0.29, 0.717) is 25.1 Å². The molecule has 2 fully saturated rings. The van der Waals surface area contributed by atoms with Gasteiger partial charge in [-0.05, 0) is 79.6 Å². The highest BCUT2D eigenvalue weighted by Crippen LogP contribution is 2.27. The Morgan fingerprint density at radius 1 is 1.22 bits per heavy atom. The van der Waals surface area contributed by atoms with Crippen LogP contribution < -0.4 is 10.2 Å². The van der Waals surface area contributed by atoms with Crippen LogP contribution in [-0.2, 0) is 19.1 Å². The Morgan fingerprint density at radius 3 is 2.61 bits per heavy atom. The van der Waals surface area contributed by atoms with Crippen LogP contribution in [0.25, 0.3) is 0 Å². The van der Waals surface area contributed by atoms with Gasteiger partial charge >= 0.3 is 0 Å². The molecule has 0 radical (unpaired) electrons. The fourth-order valence-electron chi connectivity index (χ4n) is 4.00. The number of anilines is 1. The van der Waals surface area contributed by atoms with Gasteiger partial charge in [0, 0.05) is 30.4 Å². The Bertz CT molecular complexity index is 1100. The Morgan fingerprint density at radius 2 is 1.94 bits per heavy atom. The van der Waals surface area contributed by atoms with Crippen LogP contribution in [0.1, 0.15) is 26.7 Å². The number of para-hydroxylation sites is 1. The van der Waals surface area contributed by atoms with E-state index in [2.05, 4.69) is 47.5 Å². The molecule has 2 aliphatic rings. The number of rotatable bonds is 9. The predicted octanol–water partition coefficient (Wildman–Crippen LogP) is 4.83. The Kier molecular flexibility index (Phi) is 9.70. The molecule has 0 aliphatic carbocycles. The van der Waals surface area contributed by atoms with Gasteiger partial charge in [-0.25, -0.2) is 0 Å². The van der Waals surface area contributed by atoms with E-state index in [4.69, 9.17) is 4.74 Å². The normalized spacial score (nSPS) is 19.3. The highest BCUT2D eigenvalue weighted by atomic mass is 127. The lowest BCUT2D eigenvalue weighted by molar-refractivity contribution is -0.140. The Balaban J connectivity index is 1.95. The molecular formula is C27H36IN3O4Si. The van der Waals surface area contributed by atoms with Crippen molar-refractivity contribution >= 4 is 54.1 Å². The Labute approximate surface area is 228 Å². The predicted molar refractivity (Wildman–Crippen MR) is 154 cm³/mol. The highest BCUT2D eigenvalue weighted by molar-refractivity contribution is 14.1. The van der Waals surface area contributed by atoms with E-state index in [-0.39, 0.29) is 30.1 Å². The largest absolute Gasteiger partial charge is 0.361 e. The SMILES string of the molecule is CC(C)=C/C=C(\C=C1/NC(=O)[C@@H]2CCCN2C1=O)C(=O)N(COCC[Si](C)(C)C)c1ccccc1I. The molecule has 1 N–H and O–H groups in total. The van der Waals surface area contributed by atoms with Crippen LogP contribution in [0.15, 0.2) is 59.3 Å². The molecule has 1 aromatic rings. The van der Waals surface area contributed by atoms with Crippen LogP contribution in [0.4, 0.5) is 5.69 Å². The summed E-state index contributed by atoms with van der Waals surface area (Å²) >= 11 is 2.21. The number of carbonyl (C=O) groups excluding carboxylic acids is 3. The molecule has 194 valence electrons. The van der Waals surface area contributed by atoms with Crippen LogP contribution in [0, 0.1) is 3.57 Å². The number of nitrogens with zero attached hydrogens (tertiary/aromatic N) is 2. The maximum Gasteiger partial charge on any atom is 0.271 e. The number of hydrogen-bond acceptors (Lipinski definition) is 4. The molecule has 1 atom stereocenters. The summed E-state index contributed by atoms with van der Waals surface area (Å²) in [5, 5.41) is 2.74. The van der Waals surface area contributed by atoms with Crippen molar-refractivity contribution in [3.05, 3.63) is 62.9 Å². The van der Waals surface area contributed by atoms with E-state index in [1.54, 1.807) is 15.9 Å². The van der Waals surface area contributed by atoms with Gasteiger partial charge in [0.1, 0.15) is 18.5 Å². The molecule has 0 spiro atoms. The molecule has 3 amide bonds. The van der Waals surface area contributed by atoms with Crippen molar-refractivity contribution in [2.75, 3.05) is 24.8 Å². The quantitative estimate of drug-likeness (QED) is 0.107. The van der Waals surface area contributed by atoms with Crippen LogP contribution in [0.5, 0.6) is 0 Å². The third-order valence-electron chi connectivity index (χ3n) is 6.05. The van der Waals surface area contributed by atoms with Crippen LogP contribution in [-0.4, -0.2) is 56.6 Å². The molecule has 2 aliphatic heterocycles. The summed E-state index contributed by atoms with van der Waals surface area (Å²) < 4.78 is 6.90. The summed E-state index contributed by atoms with van der Waals surface area (Å²) in [7, 11) is -1.29. The van der Waals surface area contributed by atoms with E-state index < -0.39 is 14.1 Å². The number of benzene rings is 1. The van der Waals surface area contributed by atoms with E-state index >= 15 is 0 Å². The second kappa shape index (κ2) is 12.3. The maximum atomic E-state index is 14.0. The lowest BCUT2D eigenvalue weighted by atomic mass is 10.1. The van der Waals surface area contributed by atoms with Crippen LogP contribution in [0.3, 0.4) is 0 Å². The lowest BCUT2D eigenvalue weighted by Gasteiger charge is -2.31. The van der Waals surface area contributed by atoms with Gasteiger partial charge in [0.15, 0.2) is 0 Å². The van der Waals surface area contributed by atoms with E-state index in [0.717, 1.165) is 27.3 Å². The molecule has 7 nitrogen and oxygen atoms in total. The van der Waals surface area contributed by atoms with Gasteiger partial charge < -0.3 is 15.0 Å². The average molecular weight is 622 g/mol. The Hall–Kier alpha value is -2.24. The van der Waals surface area contributed by atoms with E-state index in [1.807, 2.05) is 44.2 Å². The third kappa shape index (κ3) is 7.39. The van der Waals surface area contributed by atoms with Crippen LogP contribution in [0.2, 0.25) is 25.7 Å². The summed E-state index contributed by atoms with van der Waals surface area (Å²) in [6, 6.07) is 8.20. The van der Waals surface area contributed by atoms with Crippen molar-refractivity contribution in [2.24, 2.45) is 0 Å². The minimum absolute atomic E-state index is 0.0904. The zero-order valence-corrected chi connectivity index (χ0v) is 24.9. The zero-order valence-electron chi connectivity index (χ0n) is 21.8. The summed E-state index contributed by atoms with van der Waals surface area (Å²) in [5.41, 5.74) is 2.16. The molecule has 0 saturated carbocycles. The molecule has 2 heterocycles. The zero-order chi connectivity index (χ0) is 26.5. The van der Waals surface area contributed by atoms with Gasteiger partial charge in [0.2, 0.25) is 5.91 Å². The van der Waals surface area contributed by atoms with Gasteiger partial charge in [-0.1, -0.05) is 43.4 Å². The molecule has 9 heteroatoms. The fourth-order valence-corrected chi connectivity index (χ4v) is 5.43. The van der Waals surface area contributed by atoms with Crippen molar-refractivity contribution in [3.8, 4) is 0 Å². The number of allylic oxidation sites excluding steroid dienone is 3. The summed E-state index contributed by atoms with van der Waals surface area (Å²) in [6.45, 7) is 11.9. The monoisotopic (exact) mass is 621 g/mol. The van der Waals surface area contributed by atoms with Crippen molar-refractivity contribution in [1.82, 2.24) is 10.2 Å². The smallest absolute Gasteiger partial charge is 0.271 e. The number of ether oxygens (including phenoxy) is 1. The van der Waals surface area contributed by atoms with Gasteiger partial charge in [0.05, 0.1) is 5.69 Å².